The monoisotopic (exact) mass is 257 g/mol. The van der Waals surface area contributed by atoms with Crippen LogP contribution < -0.4 is 0 Å². The molecule has 1 atom stereocenters. The van der Waals surface area contributed by atoms with E-state index in [1.54, 1.807) is 0 Å². The highest BCUT2D eigenvalue weighted by atomic mass is 16.1. The van der Waals surface area contributed by atoms with Crippen molar-refractivity contribution >= 4 is 11.8 Å². The van der Waals surface area contributed by atoms with Crippen LogP contribution >= 0.6 is 0 Å². The minimum atomic E-state index is 0.565. The minimum absolute atomic E-state index is 0.565. The third-order valence-electron chi connectivity index (χ3n) is 4.10. The number of likely N-dealkylation sites (tertiary alicyclic amines) is 1. The Kier molecular flexibility index (Phi) is 3.34. The molecule has 1 fully saturated rings. The van der Waals surface area contributed by atoms with Crippen LogP contribution in [0.4, 0.5) is 0 Å². The number of likely N-dealkylation sites (N-methyl/N-ethyl adjacent to an activating group) is 1. The molecular weight excluding hydrogens is 238 g/mol. The molecule has 3 rings (SSSR count). The summed E-state index contributed by atoms with van der Waals surface area (Å²) in [5.74, 6) is 1.00. The van der Waals surface area contributed by atoms with Crippen molar-refractivity contribution < 1.29 is 4.79 Å². The van der Waals surface area contributed by atoms with Crippen molar-refractivity contribution in [3.63, 3.8) is 0 Å². The van der Waals surface area contributed by atoms with Crippen LogP contribution in [0.15, 0.2) is 24.4 Å². The highest BCUT2D eigenvalue weighted by molar-refractivity contribution is 5.74. The molecule has 2 aromatic rings. The lowest BCUT2D eigenvalue weighted by Gasteiger charge is -2.22. The summed E-state index contributed by atoms with van der Waals surface area (Å²) in [6.07, 6.45) is 6.18. The Labute approximate surface area is 113 Å². The van der Waals surface area contributed by atoms with Crippen molar-refractivity contribution in [3.05, 3.63) is 35.9 Å². The van der Waals surface area contributed by atoms with Gasteiger partial charge in [-0.25, -0.2) is 4.98 Å². The molecule has 1 unspecified atom stereocenters. The number of carbonyl (C=O) groups excluding carboxylic acids is 1. The SMILES string of the molecule is CCN1CCCC1Cc1ncc2cccc(C=O)n12. The quantitative estimate of drug-likeness (QED) is 0.788. The van der Waals surface area contributed by atoms with Gasteiger partial charge < -0.3 is 4.90 Å². The lowest BCUT2D eigenvalue weighted by atomic mass is 10.1. The summed E-state index contributed by atoms with van der Waals surface area (Å²) in [6.45, 7) is 4.48. The Hall–Kier alpha value is -1.68. The molecule has 19 heavy (non-hydrogen) atoms. The third kappa shape index (κ3) is 2.16. The number of aromatic nitrogens is 2. The first kappa shape index (κ1) is 12.4. The van der Waals surface area contributed by atoms with E-state index in [1.807, 2.05) is 28.8 Å². The molecule has 1 aliphatic heterocycles. The maximum Gasteiger partial charge on any atom is 0.166 e. The second-order valence-corrected chi connectivity index (χ2v) is 5.13. The van der Waals surface area contributed by atoms with Crippen molar-refractivity contribution in [3.8, 4) is 0 Å². The van der Waals surface area contributed by atoms with Gasteiger partial charge in [0.15, 0.2) is 6.29 Å². The maximum atomic E-state index is 11.2. The number of carbonyl (C=O) groups is 1. The first-order valence-corrected chi connectivity index (χ1v) is 6.98. The van der Waals surface area contributed by atoms with Crippen LogP contribution in [-0.2, 0) is 6.42 Å². The van der Waals surface area contributed by atoms with Gasteiger partial charge in [0, 0.05) is 12.5 Å². The number of imidazole rings is 1. The smallest absolute Gasteiger partial charge is 0.166 e. The number of pyridine rings is 1. The van der Waals surface area contributed by atoms with Crippen LogP contribution in [0, 0.1) is 0 Å². The number of hydrogen-bond donors (Lipinski definition) is 0. The van der Waals surface area contributed by atoms with Crippen LogP contribution in [0.2, 0.25) is 0 Å². The first-order valence-electron chi connectivity index (χ1n) is 6.98. The van der Waals surface area contributed by atoms with Crippen molar-refractivity contribution in [1.29, 1.82) is 0 Å². The van der Waals surface area contributed by atoms with E-state index in [1.165, 1.54) is 19.4 Å². The minimum Gasteiger partial charge on any atom is -0.300 e. The molecule has 4 heteroatoms. The van der Waals surface area contributed by atoms with Crippen LogP contribution in [-0.4, -0.2) is 39.7 Å². The molecule has 1 aliphatic rings. The molecule has 2 aromatic heterocycles. The molecule has 0 aliphatic carbocycles. The fraction of sp³-hybridized carbons (Fsp3) is 0.467. The normalized spacial score (nSPS) is 20.2. The molecule has 0 bridgehead atoms. The van der Waals surface area contributed by atoms with Gasteiger partial charge in [-0.05, 0) is 38.1 Å². The van der Waals surface area contributed by atoms with Gasteiger partial charge in [0.05, 0.1) is 17.4 Å². The Balaban J connectivity index is 1.95. The zero-order valence-electron chi connectivity index (χ0n) is 11.2. The van der Waals surface area contributed by atoms with Crippen molar-refractivity contribution in [2.24, 2.45) is 0 Å². The molecule has 0 amide bonds. The summed E-state index contributed by atoms with van der Waals surface area (Å²) in [6, 6.07) is 6.31. The van der Waals surface area contributed by atoms with E-state index < -0.39 is 0 Å². The van der Waals surface area contributed by atoms with Crippen LogP contribution in [0.1, 0.15) is 36.1 Å². The van der Waals surface area contributed by atoms with Gasteiger partial charge in [-0.2, -0.15) is 0 Å². The first-order chi connectivity index (χ1) is 9.33. The fourth-order valence-corrected chi connectivity index (χ4v) is 3.13. The lowest BCUT2D eigenvalue weighted by Crippen LogP contribution is -2.31. The number of aldehydes is 1. The second kappa shape index (κ2) is 5.13. The van der Waals surface area contributed by atoms with Gasteiger partial charge in [0.1, 0.15) is 5.82 Å². The van der Waals surface area contributed by atoms with Gasteiger partial charge in [-0.1, -0.05) is 13.0 Å². The van der Waals surface area contributed by atoms with E-state index in [0.29, 0.717) is 11.7 Å². The second-order valence-electron chi connectivity index (χ2n) is 5.13. The zero-order valence-corrected chi connectivity index (χ0v) is 11.2. The van der Waals surface area contributed by atoms with E-state index in [0.717, 1.165) is 30.6 Å². The number of nitrogens with zero attached hydrogens (tertiary/aromatic N) is 3. The summed E-state index contributed by atoms with van der Waals surface area (Å²) in [5.41, 5.74) is 1.69. The summed E-state index contributed by atoms with van der Waals surface area (Å²) >= 11 is 0. The van der Waals surface area contributed by atoms with E-state index >= 15 is 0 Å². The van der Waals surface area contributed by atoms with Gasteiger partial charge >= 0.3 is 0 Å². The highest BCUT2D eigenvalue weighted by Crippen LogP contribution is 2.21. The Morgan fingerprint density at radius 3 is 3.16 bits per heavy atom. The molecule has 0 radical (unpaired) electrons. The van der Waals surface area contributed by atoms with Crippen LogP contribution in [0.3, 0.4) is 0 Å². The Bertz CT molecular complexity index is 590. The predicted octanol–water partition coefficient (Wildman–Crippen LogP) is 2.17. The van der Waals surface area contributed by atoms with Crippen molar-refractivity contribution in [2.45, 2.75) is 32.2 Å². The third-order valence-corrected chi connectivity index (χ3v) is 4.10. The van der Waals surface area contributed by atoms with E-state index in [4.69, 9.17) is 0 Å². The average Bonchev–Trinajstić information content (AvgIpc) is 3.06. The molecule has 0 aromatic carbocycles. The topological polar surface area (TPSA) is 37.6 Å². The van der Waals surface area contributed by atoms with Gasteiger partial charge in [-0.3, -0.25) is 9.20 Å². The van der Waals surface area contributed by atoms with Gasteiger partial charge in [0.25, 0.3) is 0 Å². The molecule has 4 nitrogen and oxygen atoms in total. The predicted molar refractivity (Wildman–Crippen MR) is 74.6 cm³/mol. The van der Waals surface area contributed by atoms with Gasteiger partial charge in [-0.15, -0.1) is 0 Å². The Morgan fingerprint density at radius 2 is 2.37 bits per heavy atom. The summed E-state index contributed by atoms with van der Waals surface area (Å²) in [4.78, 5) is 18.2. The zero-order chi connectivity index (χ0) is 13.2. The molecule has 3 heterocycles. The molecule has 0 N–H and O–H groups in total. The van der Waals surface area contributed by atoms with E-state index in [9.17, 15) is 4.79 Å². The number of rotatable bonds is 4. The molecule has 0 saturated carbocycles. The summed E-state index contributed by atoms with van der Waals surface area (Å²) in [5, 5.41) is 0. The Morgan fingerprint density at radius 1 is 1.47 bits per heavy atom. The maximum absolute atomic E-state index is 11.2. The molecule has 1 saturated heterocycles. The van der Waals surface area contributed by atoms with Crippen LogP contribution in [0.25, 0.3) is 5.52 Å². The molecular formula is C15H19N3O. The summed E-state index contributed by atoms with van der Waals surface area (Å²) in [7, 11) is 0. The highest BCUT2D eigenvalue weighted by Gasteiger charge is 2.24. The average molecular weight is 257 g/mol. The van der Waals surface area contributed by atoms with E-state index in [-0.39, 0.29) is 0 Å². The number of hydrogen-bond acceptors (Lipinski definition) is 3. The molecule has 0 spiro atoms. The number of fused-ring (bicyclic) bond motifs is 1. The fourth-order valence-electron chi connectivity index (χ4n) is 3.13. The van der Waals surface area contributed by atoms with Gasteiger partial charge in [0.2, 0.25) is 0 Å². The van der Waals surface area contributed by atoms with Crippen molar-refractivity contribution in [2.75, 3.05) is 13.1 Å². The van der Waals surface area contributed by atoms with Crippen LogP contribution in [0.5, 0.6) is 0 Å². The standard InChI is InChI=1S/C15H19N3O/c1-2-17-8-4-7-12(17)9-15-16-10-13-5-3-6-14(11-19)18(13)15/h3,5-6,10-12H,2,4,7-9H2,1H3. The van der Waals surface area contributed by atoms with E-state index in [2.05, 4.69) is 16.8 Å². The lowest BCUT2D eigenvalue weighted by molar-refractivity contribution is 0.111. The van der Waals surface area contributed by atoms with Crippen molar-refractivity contribution in [1.82, 2.24) is 14.3 Å². The summed E-state index contributed by atoms with van der Waals surface area (Å²) < 4.78 is 1.99. The molecule has 100 valence electrons. The largest absolute Gasteiger partial charge is 0.300 e.